The van der Waals surface area contributed by atoms with Crippen molar-refractivity contribution in [3.8, 4) is 0 Å². The predicted octanol–water partition coefficient (Wildman–Crippen LogP) is 1.58. The number of rotatable bonds is 4. The first-order valence-corrected chi connectivity index (χ1v) is 9.18. The number of nitrogens with zero attached hydrogens (tertiary/aromatic N) is 1. The van der Waals surface area contributed by atoms with Crippen LogP contribution in [0.25, 0.3) is 0 Å². The molecular weight excluding hydrogens is 310 g/mol. The van der Waals surface area contributed by atoms with Crippen molar-refractivity contribution in [2.75, 3.05) is 18.1 Å². The molecule has 0 saturated carbocycles. The lowest BCUT2D eigenvalue weighted by Gasteiger charge is -2.15. The molecule has 0 bridgehead atoms. The quantitative estimate of drug-likeness (QED) is 0.650. The minimum Gasteiger partial charge on any atom is -0.357 e. The second-order valence-corrected chi connectivity index (χ2v) is 7.73. The first kappa shape index (κ1) is 16.1. The number of sulfone groups is 1. The highest BCUT2D eigenvalue weighted by molar-refractivity contribution is 7.91. The summed E-state index contributed by atoms with van der Waals surface area (Å²) in [5.74, 6) is 1.08. The molecule has 0 aliphatic carbocycles. The summed E-state index contributed by atoms with van der Waals surface area (Å²) >= 11 is 5.85. The summed E-state index contributed by atoms with van der Waals surface area (Å²) in [7, 11) is -2.89. The van der Waals surface area contributed by atoms with Crippen molar-refractivity contribution < 1.29 is 8.42 Å². The van der Waals surface area contributed by atoms with E-state index in [1.165, 1.54) is 0 Å². The Morgan fingerprint density at radius 2 is 2.10 bits per heavy atom. The smallest absolute Gasteiger partial charge is 0.191 e. The van der Waals surface area contributed by atoms with Crippen molar-refractivity contribution in [3.63, 3.8) is 0 Å². The zero-order valence-corrected chi connectivity index (χ0v) is 13.5. The fourth-order valence-electron chi connectivity index (χ4n) is 2.18. The third-order valence-corrected chi connectivity index (χ3v) is 5.27. The van der Waals surface area contributed by atoms with Gasteiger partial charge in [0.2, 0.25) is 0 Å². The monoisotopic (exact) mass is 329 g/mol. The van der Waals surface area contributed by atoms with Crippen molar-refractivity contribution in [1.29, 1.82) is 0 Å². The summed E-state index contributed by atoms with van der Waals surface area (Å²) in [5, 5.41) is 7.02. The highest BCUT2D eigenvalue weighted by Gasteiger charge is 2.28. The van der Waals surface area contributed by atoms with E-state index in [1.54, 1.807) is 0 Å². The molecule has 2 N–H and O–H groups in total. The third-order valence-electron chi connectivity index (χ3n) is 3.25. The van der Waals surface area contributed by atoms with E-state index in [1.807, 2.05) is 31.2 Å². The molecule has 1 aliphatic rings. The molecule has 5 nitrogen and oxygen atoms in total. The topological polar surface area (TPSA) is 70.6 Å². The summed E-state index contributed by atoms with van der Waals surface area (Å²) in [6.07, 6.45) is 0.633. The van der Waals surface area contributed by atoms with Gasteiger partial charge in [0, 0.05) is 17.6 Å². The Labute approximate surface area is 130 Å². The van der Waals surface area contributed by atoms with Gasteiger partial charge >= 0.3 is 0 Å². The number of guanidine groups is 1. The lowest BCUT2D eigenvalue weighted by Crippen LogP contribution is -2.44. The lowest BCUT2D eigenvalue weighted by atomic mass is 10.2. The molecule has 1 aromatic rings. The van der Waals surface area contributed by atoms with Crippen molar-refractivity contribution >= 4 is 27.4 Å². The van der Waals surface area contributed by atoms with Gasteiger partial charge in [0.15, 0.2) is 15.8 Å². The minimum absolute atomic E-state index is 0.0574. The Kier molecular flexibility index (Phi) is 5.47. The lowest BCUT2D eigenvalue weighted by molar-refractivity contribution is 0.599. The van der Waals surface area contributed by atoms with Crippen LogP contribution in [0.4, 0.5) is 0 Å². The van der Waals surface area contributed by atoms with Gasteiger partial charge in [0.25, 0.3) is 0 Å². The average molecular weight is 330 g/mol. The number of hydrogen-bond donors (Lipinski definition) is 2. The third kappa shape index (κ3) is 5.21. The van der Waals surface area contributed by atoms with Crippen molar-refractivity contribution in [1.82, 2.24) is 10.6 Å². The van der Waals surface area contributed by atoms with E-state index in [0.29, 0.717) is 23.9 Å². The molecule has 1 atom stereocenters. The largest absolute Gasteiger partial charge is 0.357 e. The first-order valence-electron chi connectivity index (χ1n) is 6.98. The Morgan fingerprint density at radius 1 is 1.38 bits per heavy atom. The van der Waals surface area contributed by atoms with E-state index < -0.39 is 9.84 Å². The van der Waals surface area contributed by atoms with E-state index in [9.17, 15) is 8.42 Å². The van der Waals surface area contributed by atoms with Crippen LogP contribution in [0.5, 0.6) is 0 Å². The summed E-state index contributed by atoms with van der Waals surface area (Å²) in [6.45, 7) is 3.22. The van der Waals surface area contributed by atoms with E-state index in [2.05, 4.69) is 15.6 Å². The Morgan fingerprint density at radius 3 is 2.67 bits per heavy atom. The van der Waals surface area contributed by atoms with Gasteiger partial charge in [-0.3, -0.25) is 0 Å². The zero-order chi connectivity index (χ0) is 15.3. The number of benzene rings is 1. The molecule has 116 valence electrons. The van der Waals surface area contributed by atoms with Crippen LogP contribution in [0.15, 0.2) is 29.3 Å². The van der Waals surface area contributed by atoms with Gasteiger partial charge in [-0.1, -0.05) is 23.7 Å². The van der Waals surface area contributed by atoms with E-state index in [4.69, 9.17) is 11.6 Å². The fraction of sp³-hybridized carbons (Fsp3) is 0.500. The molecule has 1 saturated heterocycles. The molecule has 0 spiro atoms. The summed E-state index contributed by atoms with van der Waals surface area (Å²) in [4.78, 5) is 4.48. The van der Waals surface area contributed by atoms with Crippen LogP contribution >= 0.6 is 11.6 Å². The van der Waals surface area contributed by atoms with Crippen LogP contribution in [-0.4, -0.2) is 38.5 Å². The maximum Gasteiger partial charge on any atom is 0.191 e. The Bertz CT molecular complexity index is 599. The molecule has 0 amide bonds. The minimum atomic E-state index is -2.89. The van der Waals surface area contributed by atoms with Crippen LogP contribution in [-0.2, 0) is 16.4 Å². The first-order chi connectivity index (χ1) is 9.98. The standard InChI is InChI=1S/C14H20ClN3O2S/c1-2-16-14(18-13-7-8-21(19,20)10-13)17-9-11-3-5-12(15)6-4-11/h3-6,13H,2,7-10H2,1H3,(H2,16,17,18). The van der Waals surface area contributed by atoms with E-state index in [0.717, 1.165) is 12.1 Å². The molecule has 1 heterocycles. The second-order valence-electron chi connectivity index (χ2n) is 5.07. The number of halogens is 1. The molecule has 0 aromatic heterocycles. The highest BCUT2D eigenvalue weighted by Crippen LogP contribution is 2.12. The molecule has 2 rings (SSSR count). The Hall–Kier alpha value is -1.27. The zero-order valence-electron chi connectivity index (χ0n) is 12.0. The van der Waals surface area contributed by atoms with Crippen LogP contribution in [0.2, 0.25) is 5.02 Å². The molecule has 21 heavy (non-hydrogen) atoms. The predicted molar refractivity (Wildman–Crippen MR) is 86.5 cm³/mol. The van der Waals surface area contributed by atoms with Gasteiger partial charge in [-0.05, 0) is 31.0 Å². The summed E-state index contributed by atoms with van der Waals surface area (Å²) in [6, 6.07) is 7.45. The van der Waals surface area contributed by atoms with E-state index >= 15 is 0 Å². The van der Waals surface area contributed by atoms with E-state index in [-0.39, 0.29) is 17.5 Å². The number of nitrogens with one attached hydrogen (secondary N) is 2. The van der Waals surface area contributed by atoms with Crippen LogP contribution in [0, 0.1) is 0 Å². The van der Waals surface area contributed by atoms with Gasteiger partial charge in [-0.2, -0.15) is 0 Å². The van der Waals surface area contributed by atoms with Crippen molar-refractivity contribution in [2.24, 2.45) is 4.99 Å². The van der Waals surface area contributed by atoms with Crippen LogP contribution < -0.4 is 10.6 Å². The molecular formula is C14H20ClN3O2S. The molecule has 0 radical (unpaired) electrons. The maximum absolute atomic E-state index is 11.5. The molecule has 1 unspecified atom stereocenters. The normalized spacial score (nSPS) is 21.2. The Balaban J connectivity index is 1.97. The summed E-state index contributed by atoms with van der Waals surface area (Å²) < 4.78 is 23.0. The second kappa shape index (κ2) is 7.13. The van der Waals surface area contributed by atoms with Gasteiger partial charge in [-0.15, -0.1) is 0 Å². The van der Waals surface area contributed by atoms with Crippen molar-refractivity contribution in [2.45, 2.75) is 25.9 Å². The highest BCUT2D eigenvalue weighted by atomic mass is 35.5. The number of aliphatic imine (C=N–C) groups is 1. The van der Waals surface area contributed by atoms with Gasteiger partial charge in [0.05, 0.1) is 18.1 Å². The molecule has 1 aliphatic heterocycles. The fourth-order valence-corrected chi connectivity index (χ4v) is 3.98. The maximum atomic E-state index is 11.5. The summed E-state index contributed by atoms with van der Waals surface area (Å²) in [5.41, 5.74) is 1.05. The number of hydrogen-bond acceptors (Lipinski definition) is 3. The molecule has 1 fully saturated rings. The van der Waals surface area contributed by atoms with Gasteiger partial charge in [0.1, 0.15) is 0 Å². The van der Waals surface area contributed by atoms with Crippen LogP contribution in [0.3, 0.4) is 0 Å². The van der Waals surface area contributed by atoms with Crippen LogP contribution in [0.1, 0.15) is 18.9 Å². The van der Waals surface area contributed by atoms with Crippen molar-refractivity contribution in [3.05, 3.63) is 34.9 Å². The molecule has 1 aromatic carbocycles. The van der Waals surface area contributed by atoms with Gasteiger partial charge < -0.3 is 10.6 Å². The molecule has 7 heteroatoms. The van der Waals surface area contributed by atoms with Gasteiger partial charge in [-0.25, -0.2) is 13.4 Å². The average Bonchev–Trinajstić information content (AvgIpc) is 2.77. The SMILES string of the molecule is CCNC(=NCc1ccc(Cl)cc1)NC1CCS(=O)(=O)C1.